The van der Waals surface area contributed by atoms with Crippen LogP contribution in [0.4, 0.5) is 8.78 Å². The first kappa shape index (κ1) is 21.7. The molecule has 2 unspecified atom stereocenters. The zero-order chi connectivity index (χ0) is 22.1. The molecule has 2 aromatic rings. The van der Waals surface area contributed by atoms with Crippen LogP contribution in [-0.4, -0.2) is 53.8 Å². The number of carbonyl (C=O) groups excluding carboxylic acids is 2. The van der Waals surface area contributed by atoms with Crippen molar-refractivity contribution < 1.29 is 18.4 Å². The van der Waals surface area contributed by atoms with E-state index in [2.05, 4.69) is 0 Å². The number of nitrogens with two attached hydrogens (primary N) is 1. The first-order valence-corrected chi connectivity index (χ1v) is 10.8. The maximum atomic E-state index is 13.7. The van der Waals surface area contributed by atoms with E-state index in [1.165, 1.54) is 12.1 Å². The average Bonchev–Trinajstić information content (AvgIpc) is 3.16. The van der Waals surface area contributed by atoms with Gasteiger partial charge in [0.25, 0.3) is 5.91 Å². The monoisotopic (exact) mass is 447 g/mol. The van der Waals surface area contributed by atoms with Gasteiger partial charge in [0.1, 0.15) is 0 Å². The second kappa shape index (κ2) is 8.93. The number of carbonyl (C=O) groups is 2. The molecule has 1 aliphatic heterocycles. The standard InChI is InChI=1S/C23H24ClF2N3O2/c24-18-4-2-1-3-16(18)23(31)29-9-7-28(8-10-29)22(30)13-21(27)15-6-5-14-11-19(25)20(26)12-17(14)15/h1-4,11-12,15,21H,5-10,13,27H2. The van der Waals surface area contributed by atoms with Gasteiger partial charge in [-0.05, 0) is 48.2 Å². The molecule has 0 radical (unpaired) electrons. The largest absolute Gasteiger partial charge is 0.339 e. The van der Waals surface area contributed by atoms with Gasteiger partial charge in [0.05, 0.1) is 10.6 Å². The van der Waals surface area contributed by atoms with Crippen LogP contribution >= 0.6 is 11.6 Å². The first-order chi connectivity index (χ1) is 14.8. The minimum Gasteiger partial charge on any atom is -0.339 e. The van der Waals surface area contributed by atoms with Crippen LogP contribution in [0.5, 0.6) is 0 Å². The van der Waals surface area contributed by atoms with Gasteiger partial charge in [-0.15, -0.1) is 0 Å². The summed E-state index contributed by atoms with van der Waals surface area (Å²) in [6.07, 6.45) is 1.43. The zero-order valence-electron chi connectivity index (χ0n) is 17.0. The van der Waals surface area contributed by atoms with Gasteiger partial charge < -0.3 is 15.5 Å². The van der Waals surface area contributed by atoms with E-state index < -0.39 is 17.7 Å². The second-order valence-corrected chi connectivity index (χ2v) is 8.54. The van der Waals surface area contributed by atoms with Crippen molar-refractivity contribution in [3.63, 3.8) is 0 Å². The molecular formula is C23H24ClF2N3O2. The predicted octanol–water partition coefficient (Wildman–Crippen LogP) is 3.35. The maximum Gasteiger partial charge on any atom is 0.255 e. The lowest BCUT2D eigenvalue weighted by Gasteiger charge is -2.35. The van der Waals surface area contributed by atoms with Crippen molar-refractivity contribution in [3.8, 4) is 0 Å². The molecule has 0 bridgehead atoms. The Morgan fingerprint density at radius 1 is 1.06 bits per heavy atom. The van der Waals surface area contributed by atoms with Crippen LogP contribution in [0.15, 0.2) is 36.4 Å². The quantitative estimate of drug-likeness (QED) is 0.781. The highest BCUT2D eigenvalue weighted by Gasteiger charge is 2.32. The van der Waals surface area contributed by atoms with Crippen molar-refractivity contribution >= 4 is 23.4 Å². The summed E-state index contributed by atoms with van der Waals surface area (Å²) in [5, 5.41) is 0.408. The first-order valence-electron chi connectivity index (χ1n) is 10.4. The number of hydrogen-bond donors (Lipinski definition) is 1. The molecule has 2 atom stereocenters. The molecule has 1 fully saturated rings. The molecule has 1 heterocycles. The van der Waals surface area contributed by atoms with Gasteiger partial charge in [0, 0.05) is 44.6 Å². The van der Waals surface area contributed by atoms with E-state index in [1.807, 2.05) is 0 Å². The van der Waals surface area contributed by atoms with Crippen LogP contribution in [0.3, 0.4) is 0 Å². The molecule has 2 N–H and O–H groups in total. The Morgan fingerprint density at radius 2 is 1.71 bits per heavy atom. The Morgan fingerprint density at radius 3 is 2.42 bits per heavy atom. The van der Waals surface area contributed by atoms with Crippen molar-refractivity contribution in [2.24, 2.45) is 5.73 Å². The summed E-state index contributed by atoms with van der Waals surface area (Å²) in [7, 11) is 0. The lowest BCUT2D eigenvalue weighted by molar-refractivity contribution is -0.133. The Labute approximate surface area is 184 Å². The van der Waals surface area contributed by atoms with E-state index in [4.69, 9.17) is 17.3 Å². The van der Waals surface area contributed by atoms with E-state index >= 15 is 0 Å². The lowest BCUT2D eigenvalue weighted by Crippen LogP contribution is -2.51. The van der Waals surface area contributed by atoms with Crippen LogP contribution in [0.25, 0.3) is 0 Å². The van der Waals surface area contributed by atoms with Gasteiger partial charge in [-0.1, -0.05) is 23.7 Å². The zero-order valence-corrected chi connectivity index (χ0v) is 17.7. The number of fused-ring (bicyclic) bond motifs is 1. The van der Waals surface area contributed by atoms with Crippen molar-refractivity contribution in [2.45, 2.75) is 31.2 Å². The summed E-state index contributed by atoms with van der Waals surface area (Å²) in [5.74, 6) is -2.14. The molecule has 0 spiro atoms. The molecule has 2 aromatic carbocycles. The maximum absolute atomic E-state index is 13.7. The van der Waals surface area contributed by atoms with Crippen LogP contribution in [0.1, 0.15) is 40.2 Å². The van der Waals surface area contributed by atoms with E-state index in [1.54, 1.807) is 34.1 Å². The number of piperazine rings is 1. The Kier molecular flexibility index (Phi) is 6.25. The fourth-order valence-corrected chi connectivity index (χ4v) is 4.73. The fraction of sp³-hybridized carbons (Fsp3) is 0.391. The van der Waals surface area contributed by atoms with Gasteiger partial charge >= 0.3 is 0 Å². The number of rotatable bonds is 4. The smallest absolute Gasteiger partial charge is 0.255 e. The summed E-state index contributed by atoms with van der Waals surface area (Å²) < 4.78 is 27.2. The molecular weight excluding hydrogens is 424 g/mol. The molecule has 0 aromatic heterocycles. The van der Waals surface area contributed by atoms with Gasteiger partial charge in [0.15, 0.2) is 11.6 Å². The topological polar surface area (TPSA) is 66.6 Å². The minimum atomic E-state index is -0.886. The summed E-state index contributed by atoms with van der Waals surface area (Å²) in [6, 6.07) is 8.88. The van der Waals surface area contributed by atoms with E-state index in [9.17, 15) is 18.4 Å². The number of amides is 2. The van der Waals surface area contributed by atoms with Gasteiger partial charge in [-0.25, -0.2) is 8.78 Å². The molecule has 5 nitrogen and oxygen atoms in total. The second-order valence-electron chi connectivity index (χ2n) is 8.13. The van der Waals surface area contributed by atoms with Crippen LogP contribution in [0, 0.1) is 11.6 Å². The molecule has 2 amide bonds. The highest BCUT2D eigenvalue weighted by molar-refractivity contribution is 6.33. The molecule has 164 valence electrons. The van der Waals surface area contributed by atoms with Crippen LogP contribution < -0.4 is 5.73 Å². The molecule has 1 aliphatic carbocycles. The average molecular weight is 448 g/mol. The molecule has 31 heavy (non-hydrogen) atoms. The minimum absolute atomic E-state index is 0.0895. The normalized spacial score (nSPS) is 19.3. The fourth-order valence-electron chi connectivity index (χ4n) is 4.51. The van der Waals surface area contributed by atoms with Crippen molar-refractivity contribution in [2.75, 3.05) is 26.2 Å². The van der Waals surface area contributed by atoms with Crippen molar-refractivity contribution in [1.82, 2.24) is 9.80 Å². The molecule has 2 aliphatic rings. The van der Waals surface area contributed by atoms with Crippen molar-refractivity contribution in [1.29, 1.82) is 0 Å². The third-order valence-electron chi connectivity index (χ3n) is 6.26. The van der Waals surface area contributed by atoms with E-state index in [-0.39, 0.29) is 24.2 Å². The summed E-state index contributed by atoms with van der Waals surface area (Å²) in [6.45, 7) is 1.68. The van der Waals surface area contributed by atoms with Crippen LogP contribution in [-0.2, 0) is 11.2 Å². The Hall–Kier alpha value is -2.51. The molecule has 1 saturated heterocycles. The summed E-state index contributed by atoms with van der Waals surface area (Å²) in [4.78, 5) is 28.9. The number of benzene rings is 2. The van der Waals surface area contributed by atoms with Crippen molar-refractivity contribution in [3.05, 3.63) is 69.7 Å². The van der Waals surface area contributed by atoms with Gasteiger partial charge in [0.2, 0.25) is 5.91 Å². The number of nitrogens with zero attached hydrogens (tertiary/aromatic N) is 2. The molecule has 8 heteroatoms. The number of hydrogen-bond acceptors (Lipinski definition) is 3. The van der Waals surface area contributed by atoms with Gasteiger partial charge in [-0.2, -0.15) is 0 Å². The number of aryl methyl sites for hydroxylation is 1. The van der Waals surface area contributed by atoms with E-state index in [0.717, 1.165) is 5.56 Å². The molecule has 4 rings (SSSR count). The van der Waals surface area contributed by atoms with Gasteiger partial charge in [-0.3, -0.25) is 9.59 Å². The van der Waals surface area contributed by atoms with Crippen LogP contribution in [0.2, 0.25) is 5.02 Å². The Balaban J connectivity index is 1.33. The predicted molar refractivity (Wildman–Crippen MR) is 114 cm³/mol. The Bertz CT molecular complexity index is 1010. The summed E-state index contributed by atoms with van der Waals surface area (Å²) >= 11 is 6.12. The third kappa shape index (κ3) is 4.43. The highest BCUT2D eigenvalue weighted by Crippen LogP contribution is 2.37. The molecule has 0 saturated carbocycles. The lowest BCUT2D eigenvalue weighted by atomic mass is 9.91. The third-order valence-corrected chi connectivity index (χ3v) is 6.59. The SMILES string of the molecule is NC(CC(=O)N1CCN(C(=O)c2ccccc2Cl)CC1)C1CCc2cc(F)c(F)cc21. The number of halogens is 3. The summed E-state index contributed by atoms with van der Waals surface area (Å²) in [5.41, 5.74) is 8.23. The van der Waals surface area contributed by atoms with E-state index in [0.29, 0.717) is 55.2 Å². The highest BCUT2D eigenvalue weighted by atomic mass is 35.5.